The smallest absolute Gasteiger partial charge is 0.273 e. The summed E-state index contributed by atoms with van der Waals surface area (Å²) in [6.07, 6.45) is 19.9. The molecule has 0 heterocycles. The van der Waals surface area contributed by atoms with Crippen LogP contribution in [0.3, 0.4) is 0 Å². The van der Waals surface area contributed by atoms with Crippen molar-refractivity contribution in [1.29, 1.82) is 0 Å². The van der Waals surface area contributed by atoms with E-state index in [0.717, 1.165) is 88.2 Å². The molecule has 0 aliphatic heterocycles. The molecule has 2 rings (SSSR count). The van der Waals surface area contributed by atoms with E-state index in [4.69, 9.17) is 0 Å². The zero-order chi connectivity index (χ0) is 38.2. The molecule has 0 radical (unpaired) electrons. The van der Waals surface area contributed by atoms with E-state index in [9.17, 15) is 29.4 Å². The van der Waals surface area contributed by atoms with E-state index < -0.39 is 29.0 Å². The summed E-state index contributed by atoms with van der Waals surface area (Å²) in [6, 6.07) is 9.80. The number of aromatic hydroxyl groups is 2. The van der Waals surface area contributed by atoms with Gasteiger partial charge in [-0.05, 0) is 73.9 Å². The summed E-state index contributed by atoms with van der Waals surface area (Å²) < 4.78 is 0. The number of rotatable bonds is 25. The van der Waals surface area contributed by atoms with Gasteiger partial charge in [-0.3, -0.25) is 40.9 Å². The molecule has 2 aromatic carbocycles. The fourth-order valence-corrected chi connectivity index (χ4v) is 6.52. The van der Waals surface area contributed by atoms with Crippen molar-refractivity contribution in [3.8, 4) is 11.5 Å². The number of benzene rings is 2. The Morgan fingerprint density at radius 2 is 0.865 bits per heavy atom. The van der Waals surface area contributed by atoms with Gasteiger partial charge >= 0.3 is 0 Å². The van der Waals surface area contributed by atoms with Crippen LogP contribution in [0.15, 0.2) is 36.4 Å². The maximum absolute atomic E-state index is 13.8. The molecule has 0 atom stereocenters. The lowest BCUT2D eigenvalue weighted by Gasteiger charge is -2.30. The molecule has 0 fully saturated rings. The lowest BCUT2D eigenvalue weighted by Crippen LogP contribution is -2.58. The number of hydrogen-bond donors (Lipinski definition) is 6. The van der Waals surface area contributed by atoms with Crippen LogP contribution in [0.2, 0.25) is 0 Å². The third-order valence-corrected chi connectivity index (χ3v) is 10.0. The zero-order valence-electron chi connectivity index (χ0n) is 32.3. The standard InChI is InChI=1S/C42H66N4O6/c1-5-9-12-15-17-20-23-32-25-27-36(47)34(30-32)38(49)43-45-40(51)42(8-4,29-22-19-14-11-7-3)41(52)46-44-39(50)35-31-33(26-28-37(35)48)24-21-18-16-13-10-6-2/h25-28,30-31,47-48H,5-24,29H2,1-4H3,(H,43,49)(H,44,50)(H,45,51)(H,46,52). The Balaban J connectivity index is 2.11. The highest BCUT2D eigenvalue weighted by Gasteiger charge is 2.44. The van der Waals surface area contributed by atoms with Crippen molar-refractivity contribution in [2.45, 2.75) is 163 Å². The van der Waals surface area contributed by atoms with Crippen LogP contribution in [0.1, 0.15) is 182 Å². The number of phenols is 2. The third-order valence-electron chi connectivity index (χ3n) is 10.0. The van der Waals surface area contributed by atoms with Gasteiger partial charge in [-0.25, -0.2) is 0 Å². The summed E-state index contributed by atoms with van der Waals surface area (Å²) in [5.41, 5.74) is 9.93. The van der Waals surface area contributed by atoms with Crippen LogP contribution in [-0.4, -0.2) is 33.8 Å². The summed E-state index contributed by atoms with van der Waals surface area (Å²) in [7, 11) is 0. The van der Waals surface area contributed by atoms with Crippen LogP contribution in [-0.2, 0) is 22.4 Å². The van der Waals surface area contributed by atoms with Crippen LogP contribution >= 0.6 is 0 Å². The van der Waals surface area contributed by atoms with E-state index in [2.05, 4.69) is 42.5 Å². The first-order valence-corrected chi connectivity index (χ1v) is 20.0. The average Bonchev–Trinajstić information content (AvgIpc) is 3.15. The highest BCUT2D eigenvalue weighted by molar-refractivity contribution is 6.07. The molecule has 2 aromatic rings. The van der Waals surface area contributed by atoms with Gasteiger partial charge in [0, 0.05) is 0 Å². The van der Waals surface area contributed by atoms with E-state index in [0.29, 0.717) is 6.42 Å². The number of nitrogens with one attached hydrogen (secondary N) is 4. The van der Waals surface area contributed by atoms with Gasteiger partial charge in [0.05, 0.1) is 11.1 Å². The molecule has 4 amide bonds. The maximum Gasteiger partial charge on any atom is 0.273 e. The Bertz CT molecular complexity index is 1300. The maximum atomic E-state index is 13.8. The molecule has 52 heavy (non-hydrogen) atoms. The third kappa shape index (κ3) is 14.9. The van der Waals surface area contributed by atoms with Gasteiger partial charge in [0.15, 0.2) is 0 Å². The van der Waals surface area contributed by atoms with Crippen molar-refractivity contribution in [3.63, 3.8) is 0 Å². The van der Waals surface area contributed by atoms with E-state index in [1.165, 1.54) is 50.7 Å². The molecule has 6 N–H and O–H groups in total. The Hall–Kier alpha value is -4.08. The van der Waals surface area contributed by atoms with Crippen molar-refractivity contribution in [3.05, 3.63) is 58.7 Å². The number of hydrazine groups is 2. The second kappa shape index (κ2) is 25.0. The Kier molecular flexibility index (Phi) is 21.2. The Morgan fingerprint density at radius 3 is 1.25 bits per heavy atom. The van der Waals surface area contributed by atoms with E-state index in [-0.39, 0.29) is 35.5 Å². The summed E-state index contributed by atoms with van der Waals surface area (Å²) >= 11 is 0. The van der Waals surface area contributed by atoms with E-state index in [1.54, 1.807) is 31.2 Å². The summed E-state index contributed by atoms with van der Waals surface area (Å²) in [6.45, 7) is 8.18. The number of phenolic OH excluding ortho intramolecular Hbond substituents is 2. The first kappa shape index (κ1) is 44.1. The molecule has 0 unspecified atom stereocenters. The lowest BCUT2D eigenvalue weighted by atomic mass is 9.78. The van der Waals surface area contributed by atoms with E-state index in [1.807, 2.05) is 0 Å². The predicted molar refractivity (Wildman–Crippen MR) is 208 cm³/mol. The predicted octanol–water partition coefficient (Wildman–Crippen LogP) is 8.88. The fraction of sp³-hybridized carbons (Fsp3) is 0.619. The molecule has 0 saturated heterocycles. The quantitative estimate of drug-likeness (QED) is 0.0342. The van der Waals surface area contributed by atoms with Crippen LogP contribution in [0.4, 0.5) is 0 Å². The molecule has 0 spiro atoms. The zero-order valence-corrected chi connectivity index (χ0v) is 32.3. The van der Waals surface area contributed by atoms with Gasteiger partial charge in [0.2, 0.25) is 0 Å². The number of carbonyl (C=O) groups is 4. The molecule has 0 saturated carbocycles. The summed E-state index contributed by atoms with van der Waals surface area (Å²) in [4.78, 5) is 53.9. The van der Waals surface area contributed by atoms with Gasteiger partial charge in [0.1, 0.15) is 16.9 Å². The molecule has 290 valence electrons. The summed E-state index contributed by atoms with van der Waals surface area (Å²) in [5.74, 6) is -3.27. The monoisotopic (exact) mass is 722 g/mol. The van der Waals surface area contributed by atoms with E-state index >= 15 is 0 Å². The van der Waals surface area contributed by atoms with Crippen molar-refractivity contribution in [1.82, 2.24) is 21.7 Å². The molecule has 10 nitrogen and oxygen atoms in total. The Labute approximate surface area is 312 Å². The van der Waals surface area contributed by atoms with Crippen molar-refractivity contribution in [2.24, 2.45) is 5.41 Å². The minimum atomic E-state index is -1.61. The minimum absolute atomic E-state index is 0.0284. The van der Waals surface area contributed by atoms with Gasteiger partial charge in [-0.1, -0.05) is 136 Å². The normalized spacial score (nSPS) is 11.2. The van der Waals surface area contributed by atoms with Crippen molar-refractivity contribution in [2.75, 3.05) is 0 Å². The van der Waals surface area contributed by atoms with Crippen LogP contribution in [0, 0.1) is 5.41 Å². The molecular formula is C42H66N4O6. The lowest BCUT2D eigenvalue weighted by molar-refractivity contribution is -0.145. The van der Waals surface area contributed by atoms with Crippen molar-refractivity contribution < 1.29 is 29.4 Å². The second-order valence-corrected chi connectivity index (χ2v) is 14.2. The summed E-state index contributed by atoms with van der Waals surface area (Å²) in [5, 5.41) is 20.9. The highest BCUT2D eigenvalue weighted by atomic mass is 16.3. The van der Waals surface area contributed by atoms with Gasteiger partial charge < -0.3 is 10.2 Å². The first-order valence-electron chi connectivity index (χ1n) is 20.0. The average molecular weight is 723 g/mol. The number of aryl methyl sites for hydroxylation is 2. The van der Waals surface area contributed by atoms with Gasteiger partial charge in [-0.2, -0.15) is 0 Å². The minimum Gasteiger partial charge on any atom is -0.507 e. The molecule has 0 bridgehead atoms. The molecule has 0 aliphatic rings. The molecule has 0 aromatic heterocycles. The number of hydrogen-bond acceptors (Lipinski definition) is 6. The molecule has 10 heteroatoms. The largest absolute Gasteiger partial charge is 0.507 e. The topological polar surface area (TPSA) is 157 Å². The number of unbranched alkanes of at least 4 members (excludes halogenated alkanes) is 14. The van der Waals surface area contributed by atoms with Gasteiger partial charge in [-0.15, -0.1) is 0 Å². The first-order chi connectivity index (χ1) is 25.1. The number of carbonyl (C=O) groups excluding carboxylic acids is 4. The van der Waals surface area contributed by atoms with Crippen LogP contribution < -0.4 is 21.7 Å². The van der Waals surface area contributed by atoms with Gasteiger partial charge in [0.25, 0.3) is 23.6 Å². The number of amides is 4. The fourth-order valence-electron chi connectivity index (χ4n) is 6.52. The van der Waals surface area contributed by atoms with Crippen LogP contribution in [0.25, 0.3) is 0 Å². The SMILES string of the molecule is CCCCCCCCc1ccc(O)c(C(=O)NNC(=O)C(CC)(CCCCCCC)C(=O)NNC(=O)c2cc(CCCCCCCC)ccc2O)c1. The van der Waals surface area contributed by atoms with Crippen LogP contribution in [0.5, 0.6) is 11.5 Å². The second-order valence-electron chi connectivity index (χ2n) is 14.2. The Morgan fingerprint density at radius 1 is 0.500 bits per heavy atom. The molecule has 0 aliphatic carbocycles. The molecular weight excluding hydrogens is 656 g/mol. The van der Waals surface area contributed by atoms with Crippen molar-refractivity contribution >= 4 is 23.6 Å². The highest BCUT2D eigenvalue weighted by Crippen LogP contribution is 2.31.